The van der Waals surface area contributed by atoms with Crippen LogP contribution in [-0.2, 0) is 16.0 Å². The van der Waals surface area contributed by atoms with Gasteiger partial charge in [0.2, 0.25) is 0 Å². The Morgan fingerprint density at radius 1 is 1.08 bits per heavy atom. The topological polar surface area (TPSA) is 61.9 Å². The first-order chi connectivity index (χ1) is 12.2. The van der Waals surface area contributed by atoms with Gasteiger partial charge in [0.05, 0.1) is 0 Å². The van der Waals surface area contributed by atoms with Crippen molar-refractivity contribution in [3.05, 3.63) is 35.9 Å². The molecule has 3 amide bonds. The van der Waals surface area contributed by atoms with E-state index >= 15 is 0 Å². The lowest BCUT2D eigenvalue weighted by Crippen LogP contribution is -2.54. The predicted molar refractivity (Wildman–Crippen MR) is 95.3 cm³/mol. The van der Waals surface area contributed by atoms with E-state index in [2.05, 4.69) is 17.4 Å². The Labute approximate surface area is 149 Å². The molecule has 1 aromatic carbocycles. The molecule has 0 aliphatic carbocycles. The number of rotatable bonds is 5. The molecule has 2 saturated heterocycles. The molecule has 0 saturated carbocycles. The molecule has 25 heavy (non-hydrogen) atoms. The van der Waals surface area contributed by atoms with Crippen molar-refractivity contribution in [2.75, 3.05) is 39.3 Å². The molecule has 0 radical (unpaired) electrons. The number of urea groups is 1. The van der Waals surface area contributed by atoms with Gasteiger partial charge in [0.25, 0.3) is 5.91 Å². The van der Waals surface area contributed by atoms with Gasteiger partial charge in [0.15, 0.2) is 0 Å². The lowest BCUT2D eigenvalue weighted by molar-refractivity contribution is -0.142. The Hall–Kier alpha value is -2.08. The molecule has 0 aromatic heterocycles. The second kappa shape index (κ2) is 8.85. The van der Waals surface area contributed by atoms with Crippen molar-refractivity contribution < 1.29 is 14.3 Å². The van der Waals surface area contributed by atoms with Crippen LogP contribution in [0.1, 0.15) is 24.8 Å². The Morgan fingerprint density at radius 3 is 2.48 bits per heavy atom. The highest BCUT2D eigenvalue weighted by Gasteiger charge is 2.31. The molecule has 2 aliphatic heterocycles. The summed E-state index contributed by atoms with van der Waals surface area (Å²) in [6, 6.07) is 10.3. The van der Waals surface area contributed by atoms with Gasteiger partial charge in [-0.05, 0) is 31.2 Å². The van der Waals surface area contributed by atoms with E-state index in [9.17, 15) is 9.59 Å². The van der Waals surface area contributed by atoms with E-state index in [1.165, 1.54) is 5.56 Å². The number of carbonyl (C=O) groups excluding carboxylic acids is 2. The Kier molecular flexibility index (Phi) is 6.28. The molecule has 1 unspecified atom stereocenters. The van der Waals surface area contributed by atoms with Crippen molar-refractivity contribution in [2.24, 2.45) is 0 Å². The minimum atomic E-state index is -0.265. The Balaban J connectivity index is 1.33. The summed E-state index contributed by atoms with van der Waals surface area (Å²) >= 11 is 0. The second-order valence-corrected chi connectivity index (χ2v) is 6.64. The van der Waals surface area contributed by atoms with Crippen LogP contribution in [0.15, 0.2) is 30.3 Å². The Morgan fingerprint density at radius 2 is 1.80 bits per heavy atom. The van der Waals surface area contributed by atoms with Gasteiger partial charge in [-0.25, -0.2) is 4.79 Å². The highest BCUT2D eigenvalue weighted by molar-refractivity contribution is 5.81. The molecule has 2 heterocycles. The first-order valence-electron chi connectivity index (χ1n) is 9.21. The van der Waals surface area contributed by atoms with Gasteiger partial charge >= 0.3 is 6.03 Å². The minimum Gasteiger partial charge on any atom is -0.368 e. The summed E-state index contributed by atoms with van der Waals surface area (Å²) in [4.78, 5) is 28.2. The number of benzene rings is 1. The summed E-state index contributed by atoms with van der Waals surface area (Å²) in [5.41, 5.74) is 1.29. The van der Waals surface area contributed by atoms with Crippen LogP contribution < -0.4 is 5.32 Å². The van der Waals surface area contributed by atoms with Crippen molar-refractivity contribution in [2.45, 2.75) is 31.8 Å². The number of aryl methyl sites for hydroxylation is 1. The standard InChI is InChI=1S/C19H27N3O3/c23-18(17-9-5-15-25-17)21-11-13-22(14-12-21)19(24)20-10-4-8-16-6-2-1-3-7-16/h1-3,6-7,17H,4-5,8-15H2,(H,20,24). The number of carbonyl (C=O) groups is 2. The van der Waals surface area contributed by atoms with Crippen molar-refractivity contribution in [1.29, 1.82) is 0 Å². The maximum atomic E-state index is 12.3. The lowest BCUT2D eigenvalue weighted by Gasteiger charge is -2.35. The smallest absolute Gasteiger partial charge is 0.317 e. The maximum absolute atomic E-state index is 12.3. The summed E-state index contributed by atoms with van der Waals surface area (Å²) in [6.45, 7) is 3.71. The fourth-order valence-electron chi connectivity index (χ4n) is 3.35. The zero-order chi connectivity index (χ0) is 17.5. The summed E-state index contributed by atoms with van der Waals surface area (Å²) in [7, 11) is 0. The summed E-state index contributed by atoms with van der Waals surface area (Å²) < 4.78 is 5.46. The van der Waals surface area contributed by atoms with Crippen molar-refractivity contribution in [1.82, 2.24) is 15.1 Å². The molecule has 2 aliphatic rings. The fraction of sp³-hybridized carbons (Fsp3) is 0.579. The molecule has 1 atom stereocenters. The summed E-state index contributed by atoms with van der Waals surface area (Å²) in [6.07, 6.45) is 3.40. The predicted octanol–water partition coefficient (Wildman–Crippen LogP) is 1.65. The third-order valence-corrected chi connectivity index (χ3v) is 4.84. The van der Waals surface area contributed by atoms with Crippen molar-refractivity contribution in [3.8, 4) is 0 Å². The van der Waals surface area contributed by atoms with E-state index in [4.69, 9.17) is 4.74 Å². The van der Waals surface area contributed by atoms with E-state index in [0.717, 1.165) is 25.7 Å². The lowest BCUT2D eigenvalue weighted by atomic mass is 10.1. The fourth-order valence-corrected chi connectivity index (χ4v) is 3.35. The highest BCUT2D eigenvalue weighted by Crippen LogP contribution is 2.16. The molecule has 6 heteroatoms. The molecular weight excluding hydrogens is 318 g/mol. The van der Waals surface area contributed by atoms with Gasteiger partial charge < -0.3 is 19.9 Å². The average molecular weight is 345 g/mol. The first kappa shape index (κ1) is 17.7. The summed E-state index contributed by atoms with van der Waals surface area (Å²) in [5.74, 6) is 0.0837. The maximum Gasteiger partial charge on any atom is 0.317 e. The SMILES string of the molecule is O=C(NCCCc1ccccc1)N1CCN(C(=O)C2CCCO2)CC1. The zero-order valence-corrected chi connectivity index (χ0v) is 14.7. The zero-order valence-electron chi connectivity index (χ0n) is 14.7. The molecule has 0 spiro atoms. The van der Waals surface area contributed by atoms with Gasteiger partial charge in [0.1, 0.15) is 6.10 Å². The molecule has 3 rings (SSSR count). The Bertz CT molecular complexity index is 565. The van der Waals surface area contributed by atoms with Crippen LogP contribution in [0.3, 0.4) is 0 Å². The van der Waals surface area contributed by atoms with Crippen LogP contribution in [-0.4, -0.2) is 67.2 Å². The largest absolute Gasteiger partial charge is 0.368 e. The van der Waals surface area contributed by atoms with E-state index in [1.807, 2.05) is 23.1 Å². The number of hydrogen-bond acceptors (Lipinski definition) is 3. The number of piperazine rings is 1. The monoisotopic (exact) mass is 345 g/mol. The number of ether oxygens (including phenoxy) is 1. The normalized spacial score (nSPS) is 20.6. The number of hydrogen-bond donors (Lipinski definition) is 1. The molecule has 136 valence electrons. The third kappa shape index (κ3) is 4.95. The first-order valence-corrected chi connectivity index (χ1v) is 9.21. The number of nitrogens with one attached hydrogen (secondary N) is 1. The van der Waals surface area contributed by atoms with Gasteiger partial charge in [-0.2, -0.15) is 0 Å². The molecule has 6 nitrogen and oxygen atoms in total. The van der Waals surface area contributed by atoms with Gasteiger partial charge in [-0.3, -0.25) is 4.79 Å². The van der Waals surface area contributed by atoms with E-state index in [-0.39, 0.29) is 18.0 Å². The van der Waals surface area contributed by atoms with Crippen molar-refractivity contribution in [3.63, 3.8) is 0 Å². The van der Waals surface area contributed by atoms with Crippen LogP contribution in [0.25, 0.3) is 0 Å². The van der Waals surface area contributed by atoms with E-state index < -0.39 is 0 Å². The van der Waals surface area contributed by atoms with Gasteiger partial charge in [0, 0.05) is 39.3 Å². The molecule has 2 fully saturated rings. The number of amides is 3. The molecule has 1 N–H and O–H groups in total. The van der Waals surface area contributed by atoms with Gasteiger partial charge in [-0.15, -0.1) is 0 Å². The molecular formula is C19H27N3O3. The van der Waals surface area contributed by atoms with E-state index in [1.54, 1.807) is 4.90 Å². The van der Waals surface area contributed by atoms with Crippen LogP contribution in [0.4, 0.5) is 4.79 Å². The molecule has 1 aromatic rings. The minimum absolute atomic E-state index is 0.0303. The number of nitrogens with zero attached hydrogens (tertiary/aromatic N) is 2. The van der Waals surface area contributed by atoms with E-state index in [0.29, 0.717) is 39.3 Å². The highest BCUT2D eigenvalue weighted by atomic mass is 16.5. The van der Waals surface area contributed by atoms with Gasteiger partial charge in [-0.1, -0.05) is 30.3 Å². The summed E-state index contributed by atoms with van der Waals surface area (Å²) in [5, 5.41) is 2.98. The third-order valence-electron chi connectivity index (χ3n) is 4.84. The second-order valence-electron chi connectivity index (χ2n) is 6.64. The quantitative estimate of drug-likeness (QED) is 0.826. The van der Waals surface area contributed by atoms with Crippen LogP contribution >= 0.6 is 0 Å². The van der Waals surface area contributed by atoms with Crippen molar-refractivity contribution >= 4 is 11.9 Å². The van der Waals surface area contributed by atoms with Crippen LogP contribution in [0, 0.1) is 0 Å². The van der Waals surface area contributed by atoms with Crippen LogP contribution in [0.5, 0.6) is 0 Å². The van der Waals surface area contributed by atoms with Crippen LogP contribution in [0.2, 0.25) is 0 Å². The molecule has 0 bridgehead atoms. The average Bonchev–Trinajstić information content (AvgIpc) is 3.20.